The van der Waals surface area contributed by atoms with Crippen LogP contribution in [0.15, 0.2) is 0 Å². The van der Waals surface area contributed by atoms with Crippen LogP contribution in [0.4, 0.5) is 0 Å². The van der Waals surface area contributed by atoms with Crippen LogP contribution in [0.1, 0.15) is 52.4 Å². The highest BCUT2D eigenvalue weighted by Gasteiger charge is 2.45. The van der Waals surface area contributed by atoms with Crippen LogP contribution in [-0.2, 0) is 0 Å². The Balaban J connectivity index is 1.81. The van der Waals surface area contributed by atoms with Gasteiger partial charge in [0.15, 0.2) is 0 Å². The van der Waals surface area contributed by atoms with Crippen molar-refractivity contribution >= 4 is 0 Å². The zero-order valence-electron chi connectivity index (χ0n) is 10.7. The summed E-state index contributed by atoms with van der Waals surface area (Å²) in [5.41, 5.74) is 0.397. The molecule has 2 heteroatoms. The SMILES string of the molecule is CC(C)CCN(CC1(CC#N)CC1)C1CC1. The molecule has 0 spiro atoms. The highest BCUT2D eigenvalue weighted by Crippen LogP contribution is 2.50. The lowest BCUT2D eigenvalue weighted by atomic mass is 10.0. The van der Waals surface area contributed by atoms with E-state index in [1.165, 1.54) is 45.2 Å². The first-order valence-corrected chi connectivity index (χ1v) is 6.76. The molecule has 0 aromatic heterocycles. The zero-order valence-corrected chi connectivity index (χ0v) is 10.7. The minimum absolute atomic E-state index is 0.397. The van der Waals surface area contributed by atoms with Crippen LogP contribution in [0.5, 0.6) is 0 Å². The van der Waals surface area contributed by atoms with E-state index in [0.717, 1.165) is 18.4 Å². The Labute approximate surface area is 99.6 Å². The number of rotatable bonds is 7. The molecule has 0 amide bonds. The molecule has 2 aliphatic carbocycles. The van der Waals surface area contributed by atoms with Crippen molar-refractivity contribution in [2.75, 3.05) is 13.1 Å². The Morgan fingerprint density at radius 3 is 2.50 bits per heavy atom. The van der Waals surface area contributed by atoms with Gasteiger partial charge in [-0.2, -0.15) is 5.26 Å². The molecule has 0 heterocycles. The molecule has 2 nitrogen and oxygen atoms in total. The third kappa shape index (κ3) is 3.22. The van der Waals surface area contributed by atoms with Crippen LogP contribution >= 0.6 is 0 Å². The lowest BCUT2D eigenvalue weighted by molar-refractivity contribution is 0.201. The Morgan fingerprint density at radius 2 is 2.06 bits per heavy atom. The maximum Gasteiger partial charge on any atom is 0.0628 e. The van der Waals surface area contributed by atoms with Gasteiger partial charge in [-0.25, -0.2) is 0 Å². The first-order valence-electron chi connectivity index (χ1n) is 6.76. The molecule has 90 valence electrons. The Bertz CT molecular complexity index is 269. The largest absolute Gasteiger partial charge is 0.300 e. The molecule has 0 aromatic carbocycles. The van der Waals surface area contributed by atoms with E-state index in [1.807, 2.05) is 0 Å². The highest BCUT2D eigenvalue weighted by atomic mass is 15.2. The van der Waals surface area contributed by atoms with Crippen molar-refractivity contribution in [1.82, 2.24) is 4.90 Å². The standard InChI is InChI=1S/C14H24N2/c1-12(2)5-10-16(13-3-4-13)11-14(6-7-14)8-9-15/h12-13H,3-8,10-11H2,1-2H3. The van der Waals surface area contributed by atoms with Crippen LogP contribution in [0.2, 0.25) is 0 Å². The fourth-order valence-corrected chi connectivity index (χ4v) is 2.42. The Kier molecular flexibility index (Phi) is 3.54. The van der Waals surface area contributed by atoms with Crippen molar-refractivity contribution in [3.63, 3.8) is 0 Å². The van der Waals surface area contributed by atoms with E-state index in [2.05, 4.69) is 24.8 Å². The van der Waals surface area contributed by atoms with Crippen LogP contribution in [0.25, 0.3) is 0 Å². The van der Waals surface area contributed by atoms with Crippen LogP contribution in [-0.4, -0.2) is 24.0 Å². The Morgan fingerprint density at radius 1 is 1.38 bits per heavy atom. The molecular weight excluding hydrogens is 196 g/mol. The minimum Gasteiger partial charge on any atom is -0.300 e. The van der Waals surface area contributed by atoms with Crippen molar-refractivity contribution < 1.29 is 0 Å². The topological polar surface area (TPSA) is 27.0 Å². The quantitative estimate of drug-likeness (QED) is 0.659. The van der Waals surface area contributed by atoms with Crippen molar-refractivity contribution in [3.05, 3.63) is 0 Å². The molecule has 2 saturated carbocycles. The molecule has 0 aromatic rings. The summed E-state index contributed by atoms with van der Waals surface area (Å²) in [4.78, 5) is 2.67. The fourth-order valence-electron chi connectivity index (χ4n) is 2.42. The average molecular weight is 220 g/mol. The summed E-state index contributed by atoms with van der Waals surface area (Å²) in [7, 11) is 0. The van der Waals surface area contributed by atoms with Crippen molar-refractivity contribution in [2.24, 2.45) is 11.3 Å². The second-order valence-electron chi connectivity index (χ2n) is 6.22. The maximum atomic E-state index is 8.86. The molecule has 0 N–H and O–H groups in total. The average Bonchev–Trinajstić information content (AvgIpc) is 3.07. The summed E-state index contributed by atoms with van der Waals surface area (Å²) in [5, 5.41) is 8.86. The molecule has 0 unspecified atom stereocenters. The van der Waals surface area contributed by atoms with Gasteiger partial charge in [-0.1, -0.05) is 13.8 Å². The van der Waals surface area contributed by atoms with Crippen LogP contribution < -0.4 is 0 Å². The zero-order chi connectivity index (χ0) is 11.6. The minimum atomic E-state index is 0.397. The van der Waals surface area contributed by atoms with Gasteiger partial charge in [0.1, 0.15) is 0 Å². The monoisotopic (exact) mass is 220 g/mol. The molecule has 0 aliphatic heterocycles. The molecule has 0 bridgehead atoms. The third-order valence-corrected chi connectivity index (χ3v) is 4.01. The van der Waals surface area contributed by atoms with E-state index in [0.29, 0.717) is 5.41 Å². The summed E-state index contributed by atoms with van der Waals surface area (Å²) in [6.45, 7) is 7.04. The smallest absolute Gasteiger partial charge is 0.0628 e. The lowest BCUT2D eigenvalue weighted by Crippen LogP contribution is -2.33. The normalized spacial score (nSPS) is 22.4. The van der Waals surface area contributed by atoms with E-state index < -0.39 is 0 Å². The predicted octanol–water partition coefficient (Wildman–Crippen LogP) is 3.19. The summed E-state index contributed by atoms with van der Waals surface area (Å²) >= 11 is 0. The van der Waals surface area contributed by atoms with Gasteiger partial charge in [0.25, 0.3) is 0 Å². The van der Waals surface area contributed by atoms with Gasteiger partial charge in [-0.05, 0) is 50.0 Å². The summed E-state index contributed by atoms with van der Waals surface area (Å²) in [5.74, 6) is 0.798. The van der Waals surface area contributed by atoms with E-state index in [9.17, 15) is 0 Å². The molecule has 2 rings (SSSR count). The molecule has 2 aliphatic rings. The van der Waals surface area contributed by atoms with Gasteiger partial charge >= 0.3 is 0 Å². The summed E-state index contributed by atoms with van der Waals surface area (Å²) in [6.07, 6.45) is 7.43. The van der Waals surface area contributed by atoms with E-state index >= 15 is 0 Å². The second kappa shape index (κ2) is 4.75. The molecule has 0 radical (unpaired) electrons. The van der Waals surface area contributed by atoms with E-state index in [-0.39, 0.29) is 0 Å². The molecule has 0 atom stereocenters. The van der Waals surface area contributed by atoms with Crippen molar-refractivity contribution in [1.29, 1.82) is 5.26 Å². The number of nitriles is 1. The van der Waals surface area contributed by atoms with Crippen molar-refractivity contribution in [3.8, 4) is 6.07 Å². The van der Waals surface area contributed by atoms with Gasteiger partial charge in [0.2, 0.25) is 0 Å². The highest BCUT2D eigenvalue weighted by molar-refractivity contribution is 5.02. The van der Waals surface area contributed by atoms with Gasteiger partial charge < -0.3 is 0 Å². The van der Waals surface area contributed by atoms with Crippen LogP contribution in [0.3, 0.4) is 0 Å². The predicted molar refractivity (Wildman–Crippen MR) is 65.9 cm³/mol. The molecule has 2 fully saturated rings. The maximum absolute atomic E-state index is 8.86. The molecular formula is C14H24N2. The third-order valence-electron chi connectivity index (χ3n) is 4.01. The molecule has 0 saturated heterocycles. The van der Waals surface area contributed by atoms with Gasteiger partial charge in [0.05, 0.1) is 6.07 Å². The van der Waals surface area contributed by atoms with Crippen molar-refractivity contribution in [2.45, 2.75) is 58.4 Å². The van der Waals surface area contributed by atoms with Gasteiger partial charge in [-0.15, -0.1) is 0 Å². The van der Waals surface area contributed by atoms with E-state index in [4.69, 9.17) is 5.26 Å². The first kappa shape index (κ1) is 11.9. The number of nitrogens with zero attached hydrogens (tertiary/aromatic N) is 2. The summed E-state index contributed by atoms with van der Waals surface area (Å²) < 4.78 is 0. The Hall–Kier alpha value is -0.550. The summed E-state index contributed by atoms with van der Waals surface area (Å²) in [6, 6.07) is 3.23. The lowest BCUT2D eigenvalue weighted by Gasteiger charge is -2.27. The fraction of sp³-hybridized carbons (Fsp3) is 0.929. The second-order valence-corrected chi connectivity index (χ2v) is 6.22. The van der Waals surface area contributed by atoms with Crippen LogP contribution in [0, 0.1) is 22.7 Å². The first-order chi connectivity index (χ1) is 7.65. The van der Waals surface area contributed by atoms with Gasteiger partial charge in [-0.3, -0.25) is 4.90 Å². The number of hydrogen-bond donors (Lipinski definition) is 0. The number of hydrogen-bond acceptors (Lipinski definition) is 2. The van der Waals surface area contributed by atoms with E-state index in [1.54, 1.807) is 0 Å². The molecule has 16 heavy (non-hydrogen) atoms. The van der Waals surface area contributed by atoms with Gasteiger partial charge in [0, 0.05) is 19.0 Å².